The van der Waals surface area contributed by atoms with Crippen LogP contribution >= 0.6 is 15.9 Å². The van der Waals surface area contributed by atoms with E-state index in [1.807, 2.05) is 0 Å². The van der Waals surface area contributed by atoms with Gasteiger partial charge in [0.05, 0.1) is 4.47 Å². The molecule has 0 aromatic heterocycles. The van der Waals surface area contributed by atoms with Gasteiger partial charge in [0.2, 0.25) is 0 Å². The van der Waals surface area contributed by atoms with E-state index in [0.717, 1.165) is 25.7 Å². The number of rotatable bonds is 3. The summed E-state index contributed by atoms with van der Waals surface area (Å²) < 4.78 is 27.3. The van der Waals surface area contributed by atoms with Crippen LogP contribution in [0.2, 0.25) is 0 Å². The van der Waals surface area contributed by atoms with E-state index >= 15 is 0 Å². The van der Waals surface area contributed by atoms with Crippen LogP contribution in [0.3, 0.4) is 0 Å². The van der Waals surface area contributed by atoms with Gasteiger partial charge in [-0.15, -0.1) is 0 Å². The average Bonchev–Trinajstić information content (AvgIpc) is 2.83. The number of hydrogen-bond donors (Lipinski definition) is 0. The smallest absolute Gasteiger partial charge is 0.143 e. The van der Waals surface area contributed by atoms with Crippen LogP contribution in [0.1, 0.15) is 31.2 Å². The average molecular weight is 303 g/mol. The molecule has 0 heterocycles. The molecule has 0 amide bonds. The molecule has 1 fully saturated rings. The van der Waals surface area contributed by atoms with Gasteiger partial charge in [0.15, 0.2) is 0 Å². The van der Waals surface area contributed by atoms with Crippen LogP contribution in [-0.2, 0) is 11.2 Å². The molecule has 0 radical (unpaired) electrons. The number of carbonyl (C=O) groups excluding carboxylic acids is 1. The summed E-state index contributed by atoms with van der Waals surface area (Å²) in [6.07, 6.45) is 3.66. The van der Waals surface area contributed by atoms with Crippen LogP contribution in [0.25, 0.3) is 0 Å². The van der Waals surface area contributed by atoms with Gasteiger partial charge in [0.25, 0.3) is 0 Å². The Kier molecular flexibility index (Phi) is 3.92. The third-order valence-corrected chi connectivity index (χ3v) is 3.91. The quantitative estimate of drug-likeness (QED) is 0.771. The molecule has 92 valence electrons. The van der Waals surface area contributed by atoms with Crippen LogP contribution in [-0.4, -0.2) is 5.78 Å². The van der Waals surface area contributed by atoms with Crippen molar-refractivity contribution < 1.29 is 13.6 Å². The van der Waals surface area contributed by atoms with Crippen molar-refractivity contribution in [1.29, 1.82) is 0 Å². The van der Waals surface area contributed by atoms with E-state index < -0.39 is 11.6 Å². The van der Waals surface area contributed by atoms with Crippen molar-refractivity contribution >= 4 is 21.7 Å². The SMILES string of the molecule is O=C(Cc1c(F)ccc(Br)c1F)C1CCCC1. The summed E-state index contributed by atoms with van der Waals surface area (Å²) in [6, 6.07) is 2.50. The first-order valence-corrected chi connectivity index (χ1v) is 6.54. The second-order valence-corrected chi connectivity index (χ2v) is 5.30. The fourth-order valence-electron chi connectivity index (χ4n) is 2.30. The molecule has 4 heteroatoms. The third-order valence-electron chi connectivity index (χ3n) is 3.30. The molecule has 2 rings (SSSR count). The summed E-state index contributed by atoms with van der Waals surface area (Å²) in [4.78, 5) is 11.9. The molecule has 1 saturated carbocycles. The van der Waals surface area contributed by atoms with Crippen molar-refractivity contribution in [1.82, 2.24) is 0 Å². The van der Waals surface area contributed by atoms with Crippen molar-refractivity contribution in [3.8, 4) is 0 Å². The van der Waals surface area contributed by atoms with Gasteiger partial charge in [-0.3, -0.25) is 4.79 Å². The summed E-state index contributed by atoms with van der Waals surface area (Å²) in [7, 11) is 0. The van der Waals surface area contributed by atoms with Crippen molar-refractivity contribution in [2.24, 2.45) is 5.92 Å². The molecule has 1 aliphatic carbocycles. The highest BCUT2D eigenvalue weighted by atomic mass is 79.9. The summed E-state index contributed by atoms with van der Waals surface area (Å²) in [5, 5.41) is 0. The molecule has 0 N–H and O–H groups in total. The fraction of sp³-hybridized carbons (Fsp3) is 0.462. The van der Waals surface area contributed by atoms with Crippen LogP contribution in [0.5, 0.6) is 0 Å². The Morgan fingerprint density at radius 3 is 2.59 bits per heavy atom. The second-order valence-electron chi connectivity index (χ2n) is 4.45. The normalized spacial score (nSPS) is 16.4. The molecule has 0 bridgehead atoms. The number of hydrogen-bond acceptors (Lipinski definition) is 1. The van der Waals surface area contributed by atoms with Gasteiger partial charge in [0.1, 0.15) is 17.4 Å². The third kappa shape index (κ3) is 2.73. The maximum absolute atomic E-state index is 13.7. The van der Waals surface area contributed by atoms with E-state index in [-0.39, 0.29) is 28.2 Å². The Hall–Kier alpha value is -0.770. The summed E-state index contributed by atoms with van der Waals surface area (Å²) in [6.45, 7) is 0. The van der Waals surface area contributed by atoms with Crippen molar-refractivity contribution in [2.45, 2.75) is 32.1 Å². The highest BCUT2D eigenvalue weighted by Gasteiger charge is 2.25. The summed E-state index contributed by atoms with van der Waals surface area (Å²) in [5.41, 5.74) is -0.115. The molecular formula is C13H13BrF2O. The standard InChI is InChI=1S/C13H13BrF2O/c14-10-5-6-11(15)9(13(10)16)7-12(17)8-3-1-2-4-8/h5-6,8H,1-4,7H2. The molecule has 0 atom stereocenters. The lowest BCUT2D eigenvalue weighted by Gasteiger charge is -2.10. The lowest BCUT2D eigenvalue weighted by Crippen LogP contribution is -2.15. The molecular weight excluding hydrogens is 290 g/mol. The monoisotopic (exact) mass is 302 g/mol. The maximum atomic E-state index is 13.7. The van der Waals surface area contributed by atoms with Gasteiger partial charge >= 0.3 is 0 Å². The first kappa shape index (κ1) is 12.7. The Bertz CT molecular complexity index is 439. The van der Waals surface area contributed by atoms with E-state index in [9.17, 15) is 13.6 Å². The summed E-state index contributed by atoms with van der Waals surface area (Å²) in [5.74, 6) is -1.35. The first-order chi connectivity index (χ1) is 8.09. The van der Waals surface area contributed by atoms with Crippen molar-refractivity contribution in [3.63, 3.8) is 0 Å². The minimum absolute atomic E-state index is 0.00668. The van der Waals surface area contributed by atoms with Crippen LogP contribution in [0, 0.1) is 17.6 Å². The first-order valence-electron chi connectivity index (χ1n) is 5.74. The Morgan fingerprint density at radius 2 is 1.94 bits per heavy atom. The van der Waals surface area contributed by atoms with E-state index in [1.54, 1.807) is 0 Å². The molecule has 1 nitrogen and oxygen atoms in total. The molecule has 0 saturated heterocycles. The molecule has 0 aliphatic heterocycles. The predicted octanol–water partition coefficient (Wildman–Crippen LogP) is 4.03. The molecule has 1 aromatic carbocycles. The lowest BCUT2D eigenvalue weighted by atomic mass is 9.96. The fourth-order valence-corrected chi connectivity index (χ4v) is 2.67. The largest absolute Gasteiger partial charge is 0.299 e. The second kappa shape index (κ2) is 5.25. The number of halogens is 3. The van der Waals surface area contributed by atoms with E-state index in [1.165, 1.54) is 12.1 Å². The van der Waals surface area contributed by atoms with Crippen LogP contribution in [0.4, 0.5) is 8.78 Å². The van der Waals surface area contributed by atoms with Gasteiger partial charge in [-0.05, 0) is 40.9 Å². The molecule has 1 aromatic rings. The zero-order valence-electron chi connectivity index (χ0n) is 9.31. The van der Waals surface area contributed by atoms with E-state index in [0.29, 0.717) is 0 Å². The lowest BCUT2D eigenvalue weighted by molar-refractivity contribution is -0.122. The number of ketones is 1. The van der Waals surface area contributed by atoms with E-state index in [2.05, 4.69) is 15.9 Å². The van der Waals surface area contributed by atoms with Gasteiger partial charge in [-0.25, -0.2) is 8.78 Å². The van der Waals surface area contributed by atoms with Gasteiger partial charge in [-0.1, -0.05) is 12.8 Å². The Morgan fingerprint density at radius 1 is 1.29 bits per heavy atom. The zero-order valence-corrected chi connectivity index (χ0v) is 10.9. The number of benzene rings is 1. The molecule has 1 aliphatic rings. The Balaban J connectivity index is 2.17. The number of Topliss-reactive ketones (excluding diaryl/α,β-unsaturated/α-hetero) is 1. The van der Waals surface area contributed by atoms with Crippen LogP contribution < -0.4 is 0 Å². The predicted molar refractivity (Wildman–Crippen MR) is 64.7 cm³/mol. The highest BCUT2D eigenvalue weighted by molar-refractivity contribution is 9.10. The summed E-state index contributed by atoms with van der Waals surface area (Å²) >= 11 is 3.00. The molecule has 0 spiro atoms. The topological polar surface area (TPSA) is 17.1 Å². The molecule has 0 unspecified atom stereocenters. The van der Waals surface area contributed by atoms with Gasteiger partial charge in [-0.2, -0.15) is 0 Å². The highest BCUT2D eigenvalue weighted by Crippen LogP contribution is 2.28. The zero-order chi connectivity index (χ0) is 12.4. The van der Waals surface area contributed by atoms with Crippen LogP contribution in [0.15, 0.2) is 16.6 Å². The maximum Gasteiger partial charge on any atom is 0.143 e. The minimum Gasteiger partial charge on any atom is -0.299 e. The molecule has 17 heavy (non-hydrogen) atoms. The minimum atomic E-state index is -0.656. The van der Waals surface area contributed by atoms with E-state index in [4.69, 9.17) is 0 Å². The number of carbonyl (C=O) groups is 1. The van der Waals surface area contributed by atoms with Crippen molar-refractivity contribution in [2.75, 3.05) is 0 Å². The Labute approximate surface area is 107 Å². The van der Waals surface area contributed by atoms with Gasteiger partial charge < -0.3 is 0 Å². The van der Waals surface area contributed by atoms with Gasteiger partial charge in [0, 0.05) is 17.9 Å². The van der Waals surface area contributed by atoms with Crippen molar-refractivity contribution in [3.05, 3.63) is 33.8 Å².